The molecular formula is C22H22N4O4. The number of ketones is 1. The number of hydrogen-bond acceptors (Lipinski definition) is 5. The number of rotatable bonds is 7. The molecule has 30 heavy (non-hydrogen) atoms. The molecule has 0 aliphatic carbocycles. The highest BCUT2D eigenvalue weighted by Crippen LogP contribution is 2.13. The molecule has 2 amide bonds. The minimum Gasteiger partial charge on any atom is -0.394 e. The van der Waals surface area contributed by atoms with Gasteiger partial charge < -0.3 is 20.3 Å². The van der Waals surface area contributed by atoms with E-state index in [2.05, 4.69) is 15.6 Å². The van der Waals surface area contributed by atoms with Crippen LogP contribution in [0.2, 0.25) is 0 Å². The Morgan fingerprint density at radius 2 is 1.73 bits per heavy atom. The van der Waals surface area contributed by atoms with E-state index < -0.39 is 17.9 Å². The van der Waals surface area contributed by atoms with Crippen molar-refractivity contribution in [3.05, 3.63) is 83.9 Å². The van der Waals surface area contributed by atoms with Gasteiger partial charge in [0.25, 0.3) is 0 Å². The predicted octanol–water partition coefficient (Wildman–Crippen LogP) is 1.31. The van der Waals surface area contributed by atoms with Gasteiger partial charge in [0.05, 0.1) is 12.6 Å². The number of hydrogen-bond donors (Lipinski definition) is 3. The van der Waals surface area contributed by atoms with Gasteiger partial charge >= 0.3 is 11.8 Å². The summed E-state index contributed by atoms with van der Waals surface area (Å²) in [5, 5.41) is 14.5. The number of carbonyl (C=O) groups excluding carboxylic acids is 3. The Labute approximate surface area is 173 Å². The van der Waals surface area contributed by atoms with Gasteiger partial charge in [-0.05, 0) is 36.2 Å². The number of aliphatic hydroxyl groups is 1. The molecule has 0 saturated carbocycles. The fraction of sp³-hybridized carbons (Fsp3) is 0.182. The van der Waals surface area contributed by atoms with Crippen LogP contribution >= 0.6 is 0 Å². The van der Waals surface area contributed by atoms with Crippen LogP contribution in [0.25, 0.3) is 0 Å². The van der Waals surface area contributed by atoms with Crippen molar-refractivity contribution < 1.29 is 19.5 Å². The van der Waals surface area contributed by atoms with Crippen molar-refractivity contribution in [1.82, 2.24) is 14.9 Å². The summed E-state index contributed by atoms with van der Waals surface area (Å²) in [7, 11) is 1.73. The summed E-state index contributed by atoms with van der Waals surface area (Å²) in [5.41, 5.74) is 1.72. The minimum absolute atomic E-state index is 0.246. The first-order valence-corrected chi connectivity index (χ1v) is 9.36. The van der Waals surface area contributed by atoms with E-state index in [4.69, 9.17) is 0 Å². The molecule has 8 heteroatoms. The van der Waals surface area contributed by atoms with Crippen LogP contribution in [0, 0.1) is 0 Å². The lowest BCUT2D eigenvalue weighted by Gasteiger charge is -2.16. The molecule has 1 heterocycles. The molecule has 2 aromatic carbocycles. The number of nitrogens with zero attached hydrogens (tertiary/aromatic N) is 2. The van der Waals surface area contributed by atoms with Gasteiger partial charge in [0.1, 0.15) is 0 Å². The maximum atomic E-state index is 12.4. The maximum Gasteiger partial charge on any atom is 0.313 e. The molecule has 0 bridgehead atoms. The Bertz CT molecular complexity index is 1030. The highest BCUT2D eigenvalue weighted by atomic mass is 16.3. The lowest BCUT2D eigenvalue weighted by atomic mass is 10.1. The van der Waals surface area contributed by atoms with Gasteiger partial charge in [-0.25, -0.2) is 4.98 Å². The van der Waals surface area contributed by atoms with Crippen molar-refractivity contribution in [2.24, 2.45) is 7.05 Å². The van der Waals surface area contributed by atoms with Gasteiger partial charge in [-0.1, -0.05) is 30.3 Å². The quantitative estimate of drug-likeness (QED) is 0.404. The predicted molar refractivity (Wildman–Crippen MR) is 111 cm³/mol. The Morgan fingerprint density at radius 1 is 1.03 bits per heavy atom. The fourth-order valence-electron chi connectivity index (χ4n) is 2.92. The fourth-order valence-corrected chi connectivity index (χ4v) is 2.92. The third kappa shape index (κ3) is 5.18. The zero-order valence-electron chi connectivity index (χ0n) is 16.4. The maximum absolute atomic E-state index is 12.4. The summed E-state index contributed by atoms with van der Waals surface area (Å²) in [6.07, 6.45) is 3.62. The Kier molecular flexibility index (Phi) is 6.71. The summed E-state index contributed by atoms with van der Waals surface area (Å²) >= 11 is 0. The lowest BCUT2D eigenvalue weighted by molar-refractivity contribution is -0.136. The molecular weight excluding hydrogens is 384 g/mol. The number of carbonyl (C=O) groups is 3. The second-order valence-corrected chi connectivity index (χ2v) is 6.77. The standard InChI is InChI=1S/C22H22N4O4/c1-26-12-11-23-20(26)19(28)16-7-9-17(10-8-16)24-21(29)22(30)25-18(14-27)13-15-5-3-2-4-6-15/h2-12,18,27H,13-14H2,1H3,(H,24,29)(H,25,30)/t18-/m0/s1. The summed E-state index contributed by atoms with van der Waals surface area (Å²) < 4.78 is 1.62. The summed E-state index contributed by atoms with van der Waals surface area (Å²) in [4.78, 5) is 40.8. The number of aliphatic hydroxyl groups excluding tert-OH is 1. The first-order valence-electron chi connectivity index (χ1n) is 9.36. The third-order valence-electron chi connectivity index (χ3n) is 4.52. The third-order valence-corrected chi connectivity index (χ3v) is 4.52. The molecule has 0 aliphatic rings. The van der Waals surface area contributed by atoms with Gasteiger partial charge in [-0.2, -0.15) is 0 Å². The number of aromatic nitrogens is 2. The molecule has 0 fully saturated rings. The molecule has 1 atom stereocenters. The first kappa shape index (κ1) is 20.9. The zero-order valence-corrected chi connectivity index (χ0v) is 16.4. The highest BCUT2D eigenvalue weighted by Gasteiger charge is 2.19. The Hall–Kier alpha value is -3.78. The van der Waals surface area contributed by atoms with Crippen LogP contribution in [0.1, 0.15) is 21.7 Å². The minimum atomic E-state index is -0.857. The molecule has 3 aromatic rings. The van der Waals surface area contributed by atoms with E-state index in [1.54, 1.807) is 29.9 Å². The van der Waals surface area contributed by atoms with Crippen LogP contribution < -0.4 is 10.6 Å². The largest absolute Gasteiger partial charge is 0.394 e. The zero-order chi connectivity index (χ0) is 21.5. The van der Waals surface area contributed by atoms with Crippen molar-refractivity contribution in [3.63, 3.8) is 0 Å². The van der Waals surface area contributed by atoms with E-state index in [0.29, 0.717) is 23.5 Å². The molecule has 3 rings (SSSR count). The van der Waals surface area contributed by atoms with Crippen LogP contribution in [-0.4, -0.2) is 44.9 Å². The van der Waals surface area contributed by atoms with Gasteiger partial charge in [-0.15, -0.1) is 0 Å². The van der Waals surface area contributed by atoms with E-state index >= 15 is 0 Å². The average molecular weight is 406 g/mol. The number of imidazole rings is 1. The van der Waals surface area contributed by atoms with Crippen molar-refractivity contribution in [2.45, 2.75) is 12.5 Å². The first-order chi connectivity index (χ1) is 14.5. The normalized spacial score (nSPS) is 11.5. The molecule has 0 aliphatic heterocycles. The lowest BCUT2D eigenvalue weighted by Crippen LogP contribution is -2.44. The van der Waals surface area contributed by atoms with Crippen LogP contribution in [0.5, 0.6) is 0 Å². The topological polar surface area (TPSA) is 113 Å². The monoisotopic (exact) mass is 406 g/mol. The smallest absolute Gasteiger partial charge is 0.313 e. The molecule has 0 spiro atoms. The van der Waals surface area contributed by atoms with Gasteiger partial charge in [0.15, 0.2) is 5.82 Å². The van der Waals surface area contributed by atoms with Crippen molar-refractivity contribution in [3.8, 4) is 0 Å². The molecule has 1 aromatic heterocycles. The molecule has 0 unspecified atom stereocenters. The van der Waals surface area contributed by atoms with Crippen LogP contribution in [0.15, 0.2) is 67.0 Å². The number of aryl methyl sites for hydroxylation is 1. The Morgan fingerprint density at radius 3 is 2.33 bits per heavy atom. The second-order valence-electron chi connectivity index (χ2n) is 6.77. The van der Waals surface area contributed by atoms with Crippen molar-refractivity contribution >= 4 is 23.3 Å². The highest BCUT2D eigenvalue weighted by molar-refractivity contribution is 6.39. The van der Waals surface area contributed by atoms with Crippen LogP contribution in [0.3, 0.4) is 0 Å². The van der Waals surface area contributed by atoms with Gasteiger partial charge in [-0.3, -0.25) is 14.4 Å². The van der Waals surface area contributed by atoms with Gasteiger partial charge in [0.2, 0.25) is 5.78 Å². The number of amides is 2. The van der Waals surface area contributed by atoms with E-state index in [1.165, 1.54) is 18.3 Å². The number of benzene rings is 2. The van der Waals surface area contributed by atoms with Crippen molar-refractivity contribution in [1.29, 1.82) is 0 Å². The van der Waals surface area contributed by atoms with Crippen molar-refractivity contribution in [2.75, 3.05) is 11.9 Å². The van der Waals surface area contributed by atoms with E-state index in [1.807, 2.05) is 30.3 Å². The van der Waals surface area contributed by atoms with Crippen LogP contribution in [-0.2, 0) is 23.1 Å². The van der Waals surface area contributed by atoms with Crippen LogP contribution in [0.4, 0.5) is 5.69 Å². The van der Waals surface area contributed by atoms with E-state index in [-0.39, 0.29) is 12.4 Å². The van der Waals surface area contributed by atoms with E-state index in [0.717, 1.165) is 5.56 Å². The van der Waals surface area contributed by atoms with Gasteiger partial charge in [0, 0.05) is 30.7 Å². The molecule has 8 nitrogen and oxygen atoms in total. The average Bonchev–Trinajstić information content (AvgIpc) is 3.19. The summed E-state index contributed by atoms with van der Waals surface area (Å²) in [5.74, 6) is -1.65. The summed E-state index contributed by atoms with van der Waals surface area (Å²) in [6, 6.07) is 14.9. The molecule has 154 valence electrons. The SMILES string of the molecule is Cn1ccnc1C(=O)c1ccc(NC(=O)C(=O)N[C@H](CO)Cc2ccccc2)cc1. The molecule has 0 saturated heterocycles. The summed E-state index contributed by atoms with van der Waals surface area (Å²) in [6.45, 7) is -0.294. The Balaban J connectivity index is 1.57. The molecule has 3 N–H and O–H groups in total. The molecule has 0 radical (unpaired) electrons. The number of anilines is 1. The van der Waals surface area contributed by atoms with E-state index in [9.17, 15) is 19.5 Å². The number of nitrogens with one attached hydrogen (secondary N) is 2. The second kappa shape index (κ2) is 9.62.